The first kappa shape index (κ1) is 14.2. The molecule has 1 aromatic rings. The summed E-state index contributed by atoms with van der Waals surface area (Å²) in [5, 5.41) is 20.2. The van der Waals surface area contributed by atoms with Crippen LogP contribution in [0.1, 0.15) is 37.8 Å². The van der Waals surface area contributed by atoms with E-state index in [9.17, 15) is 20.0 Å². The Morgan fingerprint density at radius 3 is 2.65 bits per heavy atom. The highest BCUT2D eigenvalue weighted by Gasteiger charge is 2.32. The standard InChI is InChI=1S/C15H17NO4/c1-15(2,14(17)18)12-5-3-4-10-6-7-13(16(19)20)9-11(10)8-12/h6-9H,3-5H2,1-2H3,(H,17,18). The van der Waals surface area contributed by atoms with E-state index in [4.69, 9.17) is 0 Å². The second-order valence-corrected chi connectivity index (χ2v) is 5.59. The first-order chi connectivity index (χ1) is 9.32. The van der Waals surface area contributed by atoms with Crippen molar-refractivity contribution in [3.05, 3.63) is 45.0 Å². The van der Waals surface area contributed by atoms with Crippen LogP contribution in [0, 0.1) is 15.5 Å². The van der Waals surface area contributed by atoms with Crippen molar-refractivity contribution in [3.8, 4) is 0 Å². The van der Waals surface area contributed by atoms with E-state index in [1.807, 2.05) is 6.08 Å². The van der Waals surface area contributed by atoms with Crippen molar-refractivity contribution in [2.24, 2.45) is 5.41 Å². The normalized spacial score (nSPS) is 15.0. The molecule has 0 radical (unpaired) electrons. The van der Waals surface area contributed by atoms with Crippen molar-refractivity contribution in [2.75, 3.05) is 0 Å². The van der Waals surface area contributed by atoms with E-state index >= 15 is 0 Å². The van der Waals surface area contributed by atoms with Crippen LogP contribution < -0.4 is 0 Å². The molecule has 2 rings (SSSR count). The van der Waals surface area contributed by atoms with E-state index in [1.54, 1.807) is 19.9 Å². The van der Waals surface area contributed by atoms with Gasteiger partial charge in [0.05, 0.1) is 10.3 Å². The molecule has 0 bridgehead atoms. The van der Waals surface area contributed by atoms with Gasteiger partial charge in [0.2, 0.25) is 0 Å². The Kier molecular flexibility index (Phi) is 3.61. The number of hydrogen-bond donors (Lipinski definition) is 1. The molecule has 20 heavy (non-hydrogen) atoms. The van der Waals surface area contributed by atoms with Gasteiger partial charge in [0.25, 0.3) is 5.69 Å². The van der Waals surface area contributed by atoms with Crippen molar-refractivity contribution in [1.29, 1.82) is 0 Å². The van der Waals surface area contributed by atoms with Gasteiger partial charge in [-0.15, -0.1) is 0 Å². The number of carboxylic acid groups (broad SMARTS) is 1. The number of benzene rings is 1. The monoisotopic (exact) mass is 275 g/mol. The number of fused-ring (bicyclic) bond motifs is 1. The third kappa shape index (κ3) is 2.57. The quantitative estimate of drug-likeness (QED) is 0.677. The van der Waals surface area contributed by atoms with Gasteiger partial charge in [0, 0.05) is 12.1 Å². The molecule has 0 unspecified atom stereocenters. The van der Waals surface area contributed by atoms with Crippen molar-refractivity contribution in [1.82, 2.24) is 0 Å². The molecule has 1 aromatic carbocycles. The number of aryl methyl sites for hydroxylation is 1. The van der Waals surface area contributed by atoms with Crippen LogP contribution in [0.15, 0.2) is 23.8 Å². The second kappa shape index (κ2) is 5.07. The predicted molar refractivity (Wildman–Crippen MR) is 75.4 cm³/mol. The van der Waals surface area contributed by atoms with Gasteiger partial charge in [-0.3, -0.25) is 14.9 Å². The molecule has 0 aliphatic heterocycles. The highest BCUT2D eigenvalue weighted by atomic mass is 16.6. The number of nitro benzene ring substituents is 1. The minimum atomic E-state index is -0.952. The van der Waals surface area contributed by atoms with Crippen LogP contribution in [0.5, 0.6) is 0 Å². The molecule has 1 N–H and O–H groups in total. The number of nitro groups is 1. The molecule has 1 aliphatic carbocycles. The predicted octanol–water partition coefficient (Wildman–Crippen LogP) is 3.43. The number of carboxylic acids is 1. The highest BCUT2D eigenvalue weighted by molar-refractivity contribution is 5.80. The van der Waals surface area contributed by atoms with Crippen molar-refractivity contribution >= 4 is 17.7 Å². The third-order valence-corrected chi connectivity index (χ3v) is 3.90. The maximum Gasteiger partial charge on any atom is 0.313 e. The fraction of sp³-hybridized carbons (Fsp3) is 0.400. The summed E-state index contributed by atoms with van der Waals surface area (Å²) in [6.07, 6.45) is 4.17. The number of non-ortho nitro benzene ring substituents is 1. The average molecular weight is 275 g/mol. The van der Waals surface area contributed by atoms with Crippen LogP contribution in [-0.4, -0.2) is 16.0 Å². The van der Waals surface area contributed by atoms with Gasteiger partial charge in [0.1, 0.15) is 0 Å². The van der Waals surface area contributed by atoms with Gasteiger partial charge in [-0.25, -0.2) is 0 Å². The Hall–Kier alpha value is -2.17. The fourth-order valence-electron chi connectivity index (χ4n) is 2.42. The maximum atomic E-state index is 11.4. The minimum Gasteiger partial charge on any atom is -0.481 e. The summed E-state index contributed by atoms with van der Waals surface area (Å²) >= 11 is 0. The van der Waals surface area contributed by atoms with Crippen LogP contribution in [0.3, 0.4) is 0 Å². The van der Waals surface area contributed by atoms with E-state index in [2.05, 4.69) is 0 Å². The van der Waals surface area contributed by atoms with E-state index in [0.29, 0.717) is 6.42 Å². The Bertz CT molecular complexity index is 602. The fourth-order valence-corrected chi connectivity index (χ4v) is 2.42. The topological polar surface area (TPSA) is 80.4 Å². The van der Waals surface area contributed by atoms with Gasteiger partial charge < -0.3 is 5.11 Å². The second-order valence-electron chi connectivity index (χ2n) is 5.59. The SMILES string of the molecule is CC(C)(C(=O)O)C1=Cc2cc([N+](=O)[O-])ccc2CCC1. The summed E-state index contributed by atoms with van der Waals surface area (Å²) in [4.78, 5) is 21.8. The summed E-state index contributed by atoms with van der Waals surface area (Å²) in [5.41, 5.74) is 1.69. The van der Waals surface area contributed by atoms with Crippen LogP contribution in [0.4, 0.5) is 5.69 Å². The van der Waals surface area contributed by atoms with E-state index < -0.39 is 16.3 Å². The van der Waals surface area contributed by atoms with Crippen molar-refractivity contribution in [3.63, 3.8) is 0 Å². The summed E-state index contributed by atoms with van der Waals surface area (Å²) < 4.78 is 0. The summed E-state index contributed by atoms with van der Waals surface area (Å²) in [6.45, 7) is 3.34. The molecule has 0 amide bonds. The molecule has 1 aliphatic rings. The summed E-state index contributed by atoms with van der Waals surface area (Å²) in [5.74, 6) is -0.877. The first-order valence-corrected chi connectivity index (χ1v) is 6.54. The van der Waals surface area contributed by atoms with Crippen molar-refractivity contribution in [2.45, 2.75) is 33.1 Å². The van der Waals surface area contributed by atoms with Gasteiger partial charge >= 0.3 is 5.97 Å². The molecular weight excluding hydrogens is 258 g/mol. The lowest BCUT2D eigenvalue weighted by molar-refractivity contribution is -0.384. The van der Waals surface area contributed by atoms with Crippen LogP contribution >= 0.6 is 0 Å². The molecule has 0 heterocycles. The van der Waals surface area contributed by atoms with Gasteiger partial charge in [-0.1, -0.05) is 17.7 Å². The Morgan fingerprint density at radius 2 is 2.05 bits per heavy atom. The molecule has 0 saturated heterocycles. The third-order valence-electron chi connectivity index (χ3n) is 3.90. The molecule has 0 saturated carbocycles. The summed E-state index contributed by atoms with van der Waals surface area (Å²) in [7, 11) is 0. The number of rotatable bonds is 3. The molecule has 0 fully saturated rings. The highest BCUT2D eigenvalue weighted by Crippen LogP contribution is 2.36. The lowest BCUT2D eigenvalue weighted by Gasteiger charge is -2.22. The lowest BCUT2D eigenvalue weighted by Crippen LogP contribution is -2.26. The molecule has 5 heteroatoms. The summed E-state index contributed by atoms with van der Waals surface area (Å²) in [6, 6.07) is 4.79. The average Bonchev–Trinajstić information content (AvgIpc) is 2.59. The van der Waals surface area contributed by atoms with Gasteiger partial charge in [-0.2, -0.15) is 0 Å². The van der Waals surface area contributed by atoms with Gasteiger partial charge in [0.15, 0.2) is 0 Å². The number of hydrogen-bond acceptors (Lipinski definition) is 3. The van der Waals surface area contributed by atoms with E-state index in [0.717, 1.165) is 29.5 Å². The number of nitrogens with zero attached hydrogens (tertiary/aromatic N) is 1. The largest absolute Gasteiger partial charge is 0.481 e. The molecule has 106 valence electrons. The zero-order valence-corrected chi connectivity index (χ0v) is 11.5. The van der Waals surface area contributed by atoms with Crippen LogP contribution in [0.25, 0.3) is 6.08 Å². The number of carbonyl (C=O) groups is 1. The Labute approximate surface area is 117 Å². The van der Waals surface area contributed by atoms with Crippen molar-refractivity contribution < 1.29 is 14.8 Å². The van der Waals surface area contributed by atoms with Gasteiger partial charge in [-0.05, 0) is 44.2 Å². The van der Waals surface area contributed by atoms with Crippen LogP contribution in [-0.2, 0) is 11.2 Å². The van der Waals surface area contributed by atoms with Crippen LogP contribution in [0.2, 0.25) is 0 Å². The molecular formula is C15H17NO4. The number of aliphatic carboxylic acids is 1. The zero-order chi connectivity index (χ0) is 14.9. The Morgan fingerprint density at radius 1 is 1.35 bits per heavy atom. The Balaban J connectivity index is 2.51. The molecule has 5 nitrogen and oxygen atoms in total. The van der Waals surface area contributed by atoms with E-state index in [-0.39, 0.29) is 5.69 Å². The van der Waals surface area contributed by atoms with E-state index in [1.165, 1.54) is 12.1 Å². The smallest absolute Gasteiger partial charge is 0.313 e. The maximum absolute atomic E-state index is 11.4. The first-order valence-electron chi connectivity index (χ1n) is 6.54. The molecule has 0 atom stereocenters. The molecule has 0 aromatic heterocycles. The minimum absolute atomic E-state index is 0.0365. The lowest BCUT2D eigenvalue weighted by atomic mass is 9.81. The zero-order valence-electron chi connectivity index (χ0n) is 11.5. The molecule has 0 spiro atoms.